The Bertz CT molecular complexity index is 744. The SMILES string of the molecule is Cc1ccc(SCCNC(=O)C2CCCN(Cc3cccc(C)c3)C2)cc1. The average Bonchev–Trinajstić information content (AvgIpc) is 2.67. The summed E-state index contributed by atoms with van der Waals surface area (Å²) in [5.74, 6) is 1.25. The largest absolute Gasteiger partial charge is 0.355 e. The second kappa shape index (κ2) is 9.95. The van der Waals surface area contributed by atoms with Crippen LogP contribution in [0, 0.1) is 19.8 Å². The Morgan fingerprint density at radius 3 is 2.74 bits per heavy atom. The van der Waals surface area contributed by atoms with Crippen molar-refractivity contribution in [2.24, 2.45) is 5.92 Å². The molecule has 27 heavy (non-hydrogen) atoms. The minimum Gasteiger partial charge on any atom is -0.355 e. The van der Waals surface area contributed by atoms with E-state index in [-0.39, 0.29) is 11.8 Å². The van der Waals surface area contributed by atoms with Gasteiger partial charge in [0.05, 0.1) is 5.92 Å². The van der Waals surface area contributed by atoms with E-state index < -0.39 is 0 Å². The zero-order valence-corrected chi connectivity index (χ0v) is 17.2. The lowest BCUT2D eigenvalue weighted by Crippen LogP contribution is -2.43. The third-order valence-electron chi connectivity index (χ3n) is 5.06. The number of amides is 1. The molecule has 1 heterocycles. The summed E-state index contributed by atoms with van der Waals surface area (Å²) in [5, 5.41) is 3.14. The first kappa shape index (κ1) is 20.0. The normalized spacial score (nSPS) is 17.6. The topological polar surface area (TPSA) is 32.3 Å². The Balaban J connectivity index is 1.40. The van der Waals surface area contributed by atoms with Crippen molar-refractivity contribution in [1.82, 2.24) is 10.2 Å². The Morgan fingerprint density at radius 2 is 1.96 bits per heavy atom. The van der Waals surface area contributed by atoms with E-state index in [2.05, 4.69) is 72.6 Å². The van der Waals surface area contributed by atoms with Crippen LogP contribution >= 0.6 is 11.8 Å². The first-order chi connectivity index (χ1) is 13.1. The number of aryl methyl sites for hydroxylation is 2. The molecular weight excluding hydrogens is 352 g/mol. The average molecular weight is 383 g/mol. The number of piperidine rings is 1. The fraction of sp³-hybridized carbons (Fsp3) is 0.435. The molecule has 1 aliphatic rings. The molecule has 2 aromatic carbocycles. The van der Waals surface area contributed by atoms with Gasteiger partial charge in [0, 0.05) is 30.3 Å². The third kappa shape index (κ3) is 6.40. The molecule has 1 amide bonds. The lowest BCUT2D eigenvalue weighted by Gasteiger charge is -2.32. The lowest BCUT2D eigenvalue weighted by atomic mass is 9.96. The van der Waals surface area contributed by atoms with Crippen LogP contribution in [0.2, 0.25) is 0 Å². The lowest BCUT2D eigenvalue weighted by molar-refractivity contribution is -0.126. The van der Waals surface area contributed by atoms with Gasteiger partial charge < -0.3 is 5.32 Å². The fourth-order valence-corrected chi connectivity index (χ4v) is 4.37. The minimum atomic E-state index is 0.118. The Labute approximate surface area is 167 Å². The molecule has 1 aliphatic heterocycles. The second-order valence-corrected chi connectivity index (χ2v) is 8.68. The van der Waals surface area contributed by atoms with Gasteiger partial charge in [-0.3, -0.25) is 9.69 Å². The summed E-state index contributed by atoms with van der Waals surface area (Å²) >= 11 is 1.80. The predicted octanol–water partition coefficient (Wildman–Crippen LogP) is 4.42. The summed E-state index contributed by atoms with van der Waals surface area (Å²) in [6.07, 6.45) is 2.10. The van der Waals surface area contributed by atoms with Crippen LogP contribution in [-0.4, -0.2) is 36.2 Å². The van der Waals surface area contributed by atoms with Gasteiger partial charge in [0.15, 0.2) is 0 Å². The first-order valence-corrected chi connectivity index (χ1v) is 10.8. The van der Waals surface area contributed by atoms with Crippen molar-refractivity contribution in [3.8, 4) is 0 Å². The van der Waals surface area contributed by atoms with Crippen LogP contribution in [0.25, 0.3) is 0 Å². The molecule has 0 spiro atoms. The molecule has 4 heteroatoms. The number of nitrogens with zero attached hydrogens (tertiary/aromatic N) is 1. The van der Waals surface area contributed by atoms with Gasteiger partial charge in [-0.2, -0.15) is 0 Å². The van der Waals surface area contributed by atoms with Gasteiger partial charge in [-0.05, 0) is 50.9 Å². The van der Waals surface area contributed by atoms with E-state index in [1.54, 1.807) is 11.8 Å². The number of carbonyl (C=O) groups excluding carboxylic acids is 1. The molecule has 3 rings (SSSR count). The van der Waals surface area contributed by atoms with E-state index in [1.807, 2.05) is 0 Å². The first-order valence-electron chi connectivity index (χ1n) is 9.85. The maximum atomic E-state index is 12.6. The standard InChI is InChI=1S/C23H30N2OS/c1-18-8-10-22(11-9-18)27-14-12-24-23(26)21-7-4-13-25(17-21)16-20-6-3-5-19(2)15-20/h3,5-6,8-11,15,21H,4,7,12-14,16-17H2,1-2H3,(H,24,26). The van der Waals surface area contributed by atoms with Crippen molar-refractivity contribution in [1.29, 1.82) is 0 Å². The molecule has 0 saturated carbocycles. The van der Waals surface area contributed by atoms with Crippen LogP contribution in [0.15, 0.2) is 53.4 Å². The van der Waals surface area contributed by atoms with Crippen LogP contribution in [-0.2, 0) is 11.3 Å². The Hall–Kier alpha value is -1.78. The van der Waals surface area contributed by atoms with Gasteiger partial charge in [0.25, 0.3) is 0 Å². The molecule has 144 valence electrons. The fourth-order valence-electron chi connectivity index (χ4n) is 3.60. The number of thioether (sulfide) groups is 1. The number of hydrogen-bond donors (Lipinski definition) is 1. The van der Waals surface area contributed by atoms with Crippen LogP contribution in [0.5, 0.6) is 0 Å². The van der Waals surface area contributed by atoms with E-state index in [1.165, 1.54) is 21.6 Å². The molecule has 1 unspecified atom stereocenters. The number of rotatable bonds is 7. The Morgan fingerprint density at radius 1 is 1.15 bits per heavy atom. The highest BCUT2D eigenvalue weighted by molar-refractivity contribution is 7.99. The van der Waals surface area contributed by atoms with Gasteiger partial charge in [0.1, 0.15) is 0 Å². The molecule has 0 bridgehead atoms. The van der Waals surface area contributed by atoms with Crippen molar-refractivity contribution in [2.75, 3.05) is 25.4 Å². The van der Waals surface area contributed by atoms with Gasteiger partial charge in [0.2, 0.25) is 5.91 Å². The second-order valence-electron chi connectivity index (χ2n) is 7.52. The third-order valence-corrected chi connectivity index (χ3v) is 6.07. The number of hydrogen-bond acceptors (Lipinski definition) is 3. The quantitative estimate of drug-likeness (QED) is 0.568. The molecular formula is C23H30N2OS. The zero-order valence-electron chi connectivity index (χ0n) is 16.4. The van der Waals surface area contributed by atoms with Gasteiger partial charge in [-0.25, -0.2) is 0 Å². The van der Waals surface area contributed by atoms with Crippen LogP contribution < -0.4 is 5.32 Å². The molecule has 1 fully saturated rings. The van der Waals surface area contributed by atoms with Gasteiger partial charge in [-0.15, -0.1) is 11.8 Å². The van der Waals surface area contributed by atoms with Crippen LogP contribution in [0.1, 0.15) is 29.5 Å². The van der Waals surface area contributed by atoms with Crippen LogP contribution in [0.4, 0.5) is 0 Å². The predicted molar refractivity (Wildman–Crippen MR) is 114 cm³/mol. The summed E-state index contributed by atoms with van der Waals surface area (Å²) < 4.78 is 0. The maximum absolute atomic E-state index is 12.6. The van der Waals surface area contributed by atoms with Gasteiger partial charge >= 0.3 is 0 Å². The van der Waals surface area contributed by atoms with Crippen molar-refractivity contribution >= 4 is 17.7 Å². The number of benzene rings is 2. The van der Waals surface area contributed by atoms with Gasteiger partial charge in [-0.1, -0.05) is 47.5 Å². The van der Waals surface area contributed by atoms with E-state index >= 15 is 0 Å². The number of carbonyl (C=O) groups is 1. The smallest absolute Gasteiger partial charge is 0.224 e. The highest BCUT2D eigenvalue weighted by Crippen LogP contribution is 2.20. The van der Waals surface area contributed by atoms with Crippen molar-refractivity contribution < 1.29 is 4.79 Å². The monoisotopic (exact) mass is 382 g/mol. The number of likely N-dealkylation sites (tertiary alicyclic amines) is 1. The van der Waals surface area contributed by atoms with Crippen LogP contribution in [0.3, 0.4) is 0 Å². The van der Waals surface area contributed by atoms with Crippen molar-refractivity contribution in [2.45, 2.75) is 38.1 Å². The van der Waals surface area contributed by atoms with Crippen molar-refractivity contribution in [3.63, 3.8) is 0 Å². The molecule has 2 aromatic rings. The van der Waals surface area contributed by atoms with Crippen molar-refractivity contribution in [3.05, 3.63) is 65.2 Å². The Kier molecular flexibility index (Phi) is 7.36. The molecule has 0 aromatic heterocycles. The molecule has 0 radical (unpaired) electrons. The number of nitrogens with one attached hydrogen (secondary N) is 1. The van der Waals surface area contributed by atoms with E-state index in [0.717, 1.165) is 44.8 Å². The summed E-state index contributed by atoms with van der Waals surface area (Å²) in [5.41, 5.74) is 3.91. The minimum absolute atomic E-state index is 0.118. The molecule has 1 saturated heterocycles. The summed E-state index contributed by atoms with van der Waals surface area (Å²) in [6.45, 7) is 7.85. The molecule has 0 aliphatic carbocycles. The van der Waals surface area contributed by atoms with E-state index in [4.69, 9.17) is 0 Å². The molecule has 1 atom stereocenters. The maximum Gasteiger partial charge on any atom is 0.224 e. The highest BCUT2D eigenvalue weighted by atomic mass is 32.2. The highest BCUT2D eigenvalue weighted by Gasteiger charge is 2.25. The summed E-state index contributed by atoms with van der Waals surface area (Å²) in [4.78, 5) is 16.2. The summed E-state index contributed by atoms with van der Waals surface area (Å²) in [6, 6.07) is 17.2. The van der Waals surface area contributed by atoms with E-state index in [9.17, 15) is 4.79 Å². The molecule has 3 nitrogen and oxygen atoms in total. The zero-order chi connectivity index (χ0) is 19.1. The summed E-state index contributed by atoms with van der Waals surface area (Å²) in [7, 11) is 0. The van der Waals surface area contributed by atoms with E-state index in [0.29, 0.717) is 0 Å². The molecule has 1 N–H and O–H groups in total.